The number of carbonyl (C=O) groups is 3. The van der Waals surface area contributed by atoms with Gasteiger partial charge in [-0.3, -0.25) is 9.59 Å². The number of carbonyl (C=O) groups excluding carboxylic acids is 3. The predicted octanol–water partition coefficient (Wildman–Crippen LogP) is 3.00. The van der Waals surface area contributed by atoms with Gasteiger partial charge in [0, 0.05) is 15.7 Å². The Balaban J connectivity index is 1.77. The van der Waals surface area contributed by atoms with E-state index in [-0.39, 0.29) is 22.8 Å². The highest BCUT2D eigenvalue weighted by molar-refractivity contribution is 9.10. The number of rotatable bonds is 5. The highest BCUT2D eigenvalue weighted by Crippen LogP contribution is 2.35. The second kappa shape index (κ2) is 8.36. The summed E-state index contributed by atoms with van der Waals surface area (Å²) in [7, 11) is 1.40. The van der Waals surface area contributed by atoms with Crippen LogP contribution in [0.4, 0.5) is 10.5 Å². The number of hydrogen-bond acceptors (Lipinski definition) is 5. The number of benzene rings is 2. The monoisotopic (exact) mass is 459 g/mol. The van der Waals surface area contributed by atoms with Gasteiger partial charge in [0.15, 0.2) is 11.5 Å². The van der Waals surface area contributed by atoms with Gasteiger partial charge in [0.05, 0.1) is 7.11 Å². The minimum atomic E-state index is -0.720. The molecular formula is C20H18BrN3O5. The number of anilines is 1. The van der Waals surface area contributed by atoms with Crippen molar-refractivity contribution in [3.05, 3.63) is 57.7 Å². The standard InChI is InChI=1S/C20H18BrN3O5/c1-11-4-3-5-14(6-11)22-17(25)10-24-19(27)15(23-20(24)28)8-12-7-13(21)9-16(29-2)18(12)26/h3-9,26H,10H2,1-2H3,(H,22,25)(H,23,28)/b15-8+. The van der Waals surface area contributed by atoms with Crippen molar-refractivity contribution in [1.29, 1.82) is 0 Å². The van der Waals surface area contributed by atoms with Crippen LogP contribution in [0.1, 0.15) is 11.1 Å². The number of nitrogens with one attached hydrogen (secondary N) is 2. The number of halogens is 1. The highest BCUT2D eigenvalue weighted by Gasteiger charge is 2.35. The Hall–Kier alpha value is -3.33. The summed E-state index contributed by atoms with van der Waals surface area (Å²) in [6, 6.07) is 9.58. The maximum Gasteiger partial charge on any atom is 0.329 e. The van der Waals surface area contributed by atoms with Crippen LogP contribution in [0.2, 0.25) is 0 Å². The molecule has 0 atom stereocenters. The number of hydrogen-bond donors (Lipinski definition) is 3. The quantitative estimate of drug-likeness (QED) is 0.470. The van der Waals surface area contributed by atoms with Gasteiger partial charge in [0.2, 0.25) is 5.91 Å². The van der Waals surface area contributed by atoms with Crippen LogP contribution < -0.4 is 15.4 Å². The smallest absolute Gasteiger partial charge is 0.329 e. The van der Waals surface area contributed by atoms with Crippen LogP contribution in [0.5, 0.6) is 11.5 Å². The minimum Gasteiger partial charge on any atom is -0.504 e. The average molecular weight is 460 g/mol. The molecular weight excluding hydrogens is 442 g/mol. The Morgan fingerprint density at radius 1 is 1.31 bits per heavy atom. The molecule has 29 heavy (non-hydrogen) atoms. The lowest BCUT2D eigenvalue weighted by atomic mass is 10.1. The van der Waals surface area contributed by atoms with Crippen molar-refractivity contribution >= 4 is 45.5 Å². The molecule has 0 aliphatic carbocycles. The zero-order valence-corrected chi connectivity index (χ0v) is 17.2. The fourth-order valence-corrected chi connectivity index (χ4v) is 3.25. The molecule has 150 valence electrons. The summed E-state index contributed by atoms with van der Waals surface area (Å²) in [6.07, 6.45) is 1.32. The number of urea groups is 1. The maximum absolute atomic E-state index is 12.6. The van der Waals surface area contributed by atoms with Gasteiger partial charge < -0.3 is 20.5 Å². The summed E-state index contributed by atoms with van der Waals surface area (Å²) in [6.45, 7) is 1.44. The number of amides is 4. The van der Waals surface area contributed by atoms with Gasteiger partial charge in [-0.2, -0.15) is 0 Å². The van der Waals surface area contributed by atoms with Crippen LogP contribution in [0.25, 0.3) is 6.08 Å². The molecule has 3 N–H and O–H groups in total. The summed E-state index contributed by atoms with van der Waals surface area (Å²) in [5.41, 5.74) is 1.75. The third kappa shape index (κ3) is 4.57. The molecule has 9 heteroatoms. The number of phenolic OH excluding ortho intramolecular Hbond substituents is 1. The van der Waals surface area contributed by atoms with E-state index in [1.807, 2.05) is 13.0 Å². The fraction of sp³-hybridized carbons (Fsp3) is 0.150. The molecule has 4 amide bonds. The van der Waals surface area contributed by atoms with E-state index < -0.39 is 24.4 Å². The van der Waals surface area contributed by atoms with E-state index in [1.165, 1.54) is 13.2 Å². The lowest BCUT2D eigenvalue weighted by molar-refractivity contribution is -0.127. The van der Waals surface area contributed by atoms with Gasteiger partial charge in [-0.05, 0) is 42.8 Å². The van der Waals surface area contributed by atoms with E-state index in [1.54, 1.807) is 30.3 Å². The van der Waals surface area contributed by atoms with E-state index in [0.29, 0.717) is 10.2 Å². The Morgan fingerprint density at radius 3 is 2.76 bits per heavy atom. The van der Waals surface area contributed by atoms with E-state index in [2.05, 4.69) is 26.6 Å². The Labute approximate surface area is 175 Å². The SMILES string of the molecule is COc1cc(Br)cc(/C=C2/NC(=O)N(CC(=O)Nc3cccc(C)c3)C2=O)c1O. The van der Waals surface area contributed by atoms with Gasteiger partial charge >= 0.3 is 6.03 Å². The van der Waals surface area contributed by atoms with Gasteiger partial charge in [0.1, 0.15) is 12.2 Å². The molecule has 0 unspecified atom stereocenters. The van der Waals surface area contributed by atoms with Crippen molar-refractivity contribution in [3.8, 4) is 11.5 Å². The summed E-state index contributed by atoms with van der Waals surface area (Å²) in [4.78, 5) is 37.8. The van der Waals surface area contributed by atoms with Crippen molar-refractivity contribution < 1.29 is 24.2 Å². The molecule has 0 aromatic heterocycles. The largest absolute Gasteiger partial charge is 0.504 e. The normalized spacial score (nSPS) is 14.9. The highest BCUT2D eigenvalue weighted by atomic mass is 79.9. The number of methoxy groups -OCH3 is 1. The lowest BCUT2D eigenvalue weighted by Gasteiger charge is -2.12. The minimum absolute atomic E-state index is 0.0613. The fourth-order valence-electron chi connectivity index (χ4n) is 2.80. The average Bonchev–Trinajstić information content (AvgIpc) is 2.91. The van der Waals surface area contributed by atoms with Crippen LogP contribution >= 0.6 is 15.9 Å². The lowest BCUT2D eigenvalue weighted by Crippen LogP contribution is -2.38. The summed E-state index contributed by atoms with van der Waals surface area (Å²) in [5, 5.41) is 15.3. The first-order chi connectivity index (χ1) is 13.8. The number of aromatic hydroxyl groups is 1. The molecule has 1 aliphatic heterocycles. The van der Waals surface area contributed by atoms with E-state index >= 15 is 0 Å². The summed E-state index contributed by atoms with van der Waals surface area (Å²) in [5.74, 6) is -1.15. The van der Waals surface area contributed by atoms with E-state index in [0.717, 1.165) is 10.5 Å². The number of phenols is 1. The first-order valence-corrected chi connectivity index (χ1v) is 9.35. The Bertz CT molecular complexity index is 1030. The van der Waals surface area contributed by atoms with E-state index in [9.17, 15) is 19.5 Å². The van der Waals surface area contributed by atoms with Crippen LogP contribution in [0.3, 0.4) is 0 Å². The first-order valence-electron chi connectivity index (χ1n) is 8.56. The van der Waals surface area contributed by atoms with Crippen LogP contribution in [-0.2, 0) is 9.59 Å². The number of imide groups is 1. The molecule has 1 saturated heterocycles. The van der Waals surface area contributed by atoms with Crippen molar-refractivity contribution in [3.63, 3.8) is 0 Å². The van der Waals surface area contributed by atoms with Gasteiger partial charge in [-0.25, -0.2) is 9.69 Å². The molecule has 0 spiro atoms. The second-order valence-corrected chi connectivity index (χ2v) is 7.26. The molecule has 0 saturated carbocycles. The van der Waals surface area contributed by atoms with Crippen LogP contribution in [0, 0.1) is 6.92 Å². The first kappa shape index (κ1) is 20.4. The molecule has 2 aromatic carbocycles. The van der Waals surface area contributed by atoms with Gasteiger partial charge in [-0.15, -0.1) is 0 Å². The second-order valence-electron chi connectivity index (χ2n) is 6.34. The zero-order valence-electron chi connectivity index (χ0n) is 15.7. The van der Waals surface area contributed by atoms with Crippen molar-refractivity contribution in [2.24, 2.45) is 0 Å². The Morgan fingerprint density at radius 2 is 2.07 bits per heavy atom. The van der Waals surface area contributed by atoms with Gasteiger partial charge in [-0.1, -0.05) is 28.1 Å². The molecule has 8 nitrogen and oxygen atoms in total. The third-order valence-corrected chi connectivity index (χ3v) is 4.61. The molecule has 3 rings (SSSR count). The molecule has 1 aliphatic rings. The zero-order chi connectivity index (χ0) is 21.1. The maximum atomic E-state index is 12.6. The molecule has 2 aromatic rings. The molecule has 1 fully saturated rings. The van der Waals surface area contributed by atoms with Crippen LogP contribution in [-0.4, -0.2) is 41.5 Å². The van der Waals surface area contributed by atoms with Crippen molar-refractivity contribution in [2.45, 2.75) is 6.92 Å². The molecule has 0 radical (unpaired) electrons. The van der Waals surface area contributed by atoms with Crippen LogP contribution in [0.15, 0.2) is 46.6 Å². The predicted molar refractivity (Wildman–Crippen MR) is 110 cm³/mol. The van der Waals surface area contributed by atoms with E-state index in [4.69, 9.17) is 4.74 Å². The third-order valence-electron chi connectivity index (χ3n) is 4.15. The van der Waals surface area contributed by atoms with Crippen molar-refractivity contribution in [1.82, 2.24) is 10.2 Å². The summed E-state index contributed by atoms with van der Waals surface area (Å²) >= 11 is 3.29. The topological polar surface area (TPSA) is 108 Å². The number of ether oxygens (including phenoxy) is 1. The number of aryl methyl sites for hydroxylation is 1. The summed E-state index contributed by atoms with van der Waals surface area (Å²) < 4.78 is 5.69. The molecule has 1 heterocycles. The Kier molecular flexibility index (Phi) is 5.88. The van der Waals surface area contributed by atoms with Crippen molar-refractivity contribution in [2.75, 3.05) is 19.0 Å². The number of nitrogens with zero attached hydrogens (tertiary/aromatic N) is 1. The molecule has 0 bridgehead atoms. The van der Waals surface area contributed by atoms with Gasteiger partial charge in [0.25, 0.3) is 5.91 Å².